The fraction of sp³-hybridized carbons (Fsp3) is 0.500. The summed E-state index contributed by atoms with van der Waals surface area (Å²) in [6.07, 6.45) is -3.71. The average Bonchev–Trinajstić information content (AvgIpc) is 2.54. The summed E-state index contributed by atoms with van der Waals surface area (Å²) in [5.41, 5.74) is -2.33. The Bertz CT molecular complexity index is 974. The summed E-state index contributed by atoms with van der Waals surface area (Å²) < 4.78 is 40.0. The summed E-state index contributed by atoms with van der Waals surface area (Å²) in [4.78, 5) is 26.4. The van der Waals surface area contributed by atoms with Crippen LogP contribution in [0.5, 0.6) is 0 Å². The van der Waals surface area contributed by atoms with Gasteiger partial charge in [0.25, 0.3) is 5.56 Å². The second-order valence-corrected chi connectivity index (χ2v) is 7.61. The van der Waals surface area contributed by atoms with E-state index in [1.807, 2.05) is 0 Å². The Labute approximate surface area is 158 Å². The minimum Gasteiger partial charge on any atom is -0.390 e. The Balaban J connectivity index is 1.94. The number of rotatable bonds is 4. The van der Waals surface area contributed by atoms with E-state index in [0.29, 0.717) is 12.8 Å². The van der Waals surface area contributed by atoms with Crippen molar-refractivity contribution in [1.82, 2.24) is 15.1 Å². The van der Waals surface area contributed by atoms with Gasteiger partial charge in [0.05, 0.1) is 16.6 Å². The van der Waals surface area contributed by atoms with E-state index in [1.54, 1.807) is 21.0 Å². The third-order valence-corrected chi connectivity index (χ3v) is 4.72. The van der Waals surface area contributed by atoms with Crippen LogP contribution in [0.15, 0.2) is 23.0 Å². The predicted molar refractivity (Wildman–Crippen MR) is 97.1 cm³/mol. The SMILES string of the molecule is CN(C)c1nn(CC(=O)NC2CC(C)(O)C2)c(=O)c2ccc(C(F)(F)F)cc12. The van der Waals surface area contributed by atoms with Gasteiger partial charge in [0.15, 0.2) is 5.82 Å². The van der Waals surface area contributed by atoms with E-state index >= 15 is 0 Å². The molecule has 2 N–H and O–H groups in total. The lowest BCUT2D eigenvalue weighted by Crippen LogP contribution is -2.54. The number of aliphatic hydroxyl groups is 1. The molecule has 0 saturated heterocycles. The zero-order chi connectivity index (χ0) is 20.9. The number of nitrogens with one attached hydrogen (secondary N) is 1. The second-order valence-electron chi connectivity index (χ2n) is 7.61. The Morgan fingerprint density at radius 1 is 1.36 bits per heavy atom. The van der Waals surface area contributed by atoms with E-state index < -0.39 is 28.8 Å². The Hall–Kier alpha value is -2.62. The van der Waals surface area contributed by atoms with Crippen molar-refractivity contribution in [3.05, 3.63) is 34.1 Å². The summed E-state index contributed by atoms with van der Waals surface area (Å²) >= 11 is 0. The van der Waals surface area contributed by atoms with Crippen LogP contribution in [0.1, 0.15) is 25.3 Å². The standard InChI is InChI=1S/C18H21F3N4O3/c1-17(28)7-11(8-17)22-14(26)9-25-16(27)12-5-4-10(18(19,20)21)6-13(12)15(23-25)24(2)3/h4-6,11,28H,7-9H2,1-3H3,(H,22,26). The van der Waals surface area contributed by atoms with Crippen LogP contribution >= 0.6 is 0 Å². The number of aromatic nitrogens is 2. The third-order valence-electron chi connectivity index (χ3n) is 4.72. The third kappa shape index (κ3) is 3.96. The predicted octanol–water partition coefficient (Wildman–Crippen LogP) is 1.51. The Morgan fingerprint density at radius 3 is 2.54 bits per heavy atom. The number of carbonyl (C=O) groups is 1. The number of halogens is 3. The smallest absolute Gasteiger partial charge is 0.390 e. The molecule has 1 aromatic heterocycles. The van der Waals surface area contributed by atoms with Crippen LogP contribution < -0.4 is 15.8 Å². The van der Waals surface area contributed by atoms with E-state index in [2.05, 4.69) is 10.4 Å². The molecule has 10 heteroatoms. The Kier molecular flexibility index (Phi) is 4.86. The van der Waals surface area contributed by atoms with Gasteiger partial charge < -0.3 is 15.3 Å². The normalized spacial score (nSPS) is 22.0. The lowest BCUT2D eigenvalue weighted by molar-refractivity contribution is -0.137. The van der Waals surface area contributed by atoms with Crippen LogP contribution in [0.2, 0.25) is 0 Å². The lowest BCUT2D eigenvalue weighted by Gasteiger charge is -2.41. The van der Waals surface area contributed by atoms with Gasteiger partial charge in [0, 0.05) is 25.5 Å². The van der Waals surface area contributed by atoms with Crippen LogP contribution in [0.25, 0.3) is 10.8 Å². The number of carbonyl (C=O) groups excluding carboxylic acids is 1. The maximum Gasteiger partial charge on any atom is 0.416 e. The fourth-order valence-corrected chi connectivity index (χ4v) is 3.40. The number of alkyl halides is 3. The molecule has 2 aromatic rings. The summed E-state index contributed by atoms with van der Waals surface area (Å²) in [5.74, 6) is -0.300. The highest BCUT2D eigenvalue weighted by Gasteiger charge is 2.39. The van der Waals surface area contributed by atoms with Crippen LogP contribution in [0, 0.1) is 0 Å². The zero-order valence-corrected chi connectivity index (χ0v) is 15.7. The monoisotopic (exact) mass is 398 g/mol. The number of amides is 1. The highest BCUT2D eigenvalue weighted by molar-refractivity contribution is 5.92. The van der Waals surface area contributed by atoms with Crippen molar-refractivity contribution in [3.8, 4) is 0 Å². The molecule has 0 bridgehead atoms. The molecule has 0 atom stereocenters. The molecule has 1 heterocycles. The molecule has 0 unspecified atom stereocenters. The van der Waals surface area contributed by atoms with Crippen molar-refractivity contribution in [1.29, 1.82) is 0 Å². The van der Waals surface area contributed by atoms with Gasteiger partial charge in [-0.05, 0) is 38.0 Å². The number of hydrogen-bond donors (Lipinski definition) is 2. The van der Waals surface area contributed by atoms with Crippen molar-refractivity contribution < 1.29 is 23.1 Å². The first-order valence-corrected chi connectivity index (χ1v) is 8.68. The largest absolute Gasteiger partial charge is 0.416 e. The van der Waals surface area contributed by atoms with Gasteiger partial charge in [-0.25, -0.2) is 4.68 Å². The minimum absolute atomic E-state index is 0.0473. The summed E-state index contributed by atoms with van der Waals surface area (Å²) in [7, 11) is 3.18. The first-order valence-electron chi connectivity index (χ1n) is 8.68. The van der Waals surface area contributed by atoms with Crippen molar-refractivity contribution in [2.24, 2.45) is 0 Å². The summed E-state index contributed by atoms with van der Waals surface area (Å²) in [6, 6.07) is 2.65. The quantitative estimate of drug-likeness (QED) is 0.815. The summed E-state index contributed by atoms with van der Waals surface area (Å²) in [5, 5.41) is 16.6. The molecule has 7 nitrogen and oxygen atoms in total. The number of anilines is 1. The molecule has 0 aliphatic heterocycles. The molecule has 1 saturated carbocycles. The molecule has 0 radical (unpaired) electrons. The molecule has 1 aliphatic rings. The molecular weight excluding hydrogens is 377 g/mol. The second kappa shape index (κ2) is 6.77. The van der Waals surface area contributed by atoms with Gasteiger partial charge in [-0.2, -0.15) is 18.3 Å². The van der Waals surface area contributed by atoms with Crippen LogP contribution in [0.3, 0.4) is 0 Å². The molecule has 3 rings (SSSR count). The molecule has 1 aromatic carbocycles. The van der Waals surface area contributed by atoms with E-state index in [-0.39, 0.29) is 29.2 Å². The van der Waals surface area contributed by atoms with Crippen molar-refractivity contribution in [3.63, 3.8) is 0 Å². The van der Waals surface area contributed by atoms with Gasteiger partial charge in [0.2, 0.25) is 5.91 Å². The highest BCUT2D eigenvalue weighted by Crippen LogP contribution is 2.33. The number of fused-ring (bicyclic) bond motifs is 1. The van der Waals surface area contributed by atoms with E-state index in [1.165, 1.54) is 4.90 Å². The molecule has 152 valence electrons. The first kappa shape index (κ1) is 20.1. The van der Waals surface area contributed by atoms with Crippen molar-refractivity contribution >= 4 is 22.5 Å². The van der Waals surface area contributed by atoms with Gasteiger partial charge in [-0.15, -0.1) is 0 Å². The van der Waals surface area contributed by atoms with Gasteiger partial charge in [-0.3, -0.25) is 9.59 Å². The molecule has 0 spiro atoms. The van der Waals surface area contributed by atoms with E-state index in [0.717, 1.165) is 22.9 Å². The Morgan fingerprint density at radius 2 is 2.00 bits per heavy atom. The van der Waals surface area contributed by atoms with Crippen LogP contribution in [0.4, 0.5) is 19.0 Å². The molecule has 1 aliphatic carbocycles. The summed E-state index contributed by atoms with van der Waals surface area (Å²) in [6.45, 7) is 1.30. The van der Waals surface area contributed by atoms with Gasteiger partial charge >= 0.3 is 6.18 Å². The number of nitrogens with zero attached hydrogens (tertiary/aromatic N) is 3. The van der Waals surface area contributed by atoms with Crippen molar-refractivity contribution in [2.75, 3.05) is 19.0 Å². The van der Waals surface area contributed by atoms with Gasteiger partial charge in [0.1, 0.15) is 6.54 Å². The van der Waals surface area contributed by atoms with Crippen molar-refractivity contribution in [2.45, 2.75) is 44.1 Å². The van der Waals surface area contributed by atoms with Crippen LogP contribution in [-0.2, 0) is 17.5 Å². The molecule has 1 amide bonds. The van der Waals surface area contributed by atoms with E-state index in [9.17, 15) is 27.9 Å². The maximum absolute atomic E-state index is 13.0. The lowest BCUT2D eigenvalue weighted by atomic mass is 9.77. The fourth-order valence-electron chi connectivity index (χ4n) is 3.40. The molecule has 28 heavy (non-hydrogen) atoms. The van der Waals surface area contributed by atoms with E-state index in [4.69, 9.17) is 0 Å². The zero-order valence-electron chi connectivity index (χ0n) is 15.7. The van der Waals surface area contributed by atoms with Crippen LogP contribution in [-0.4, -0.2) is 46.5 Å². The maximum atomic E-state index is 13.0. The topological polar surface area (TPSA) is 87.5 Å². The highest BCUT2D eigenvalue weighted by atomic mass is 19.4. The first-order chi connectivity index (χ1) is 12.9. The molecule has 1 fully saturated rings. The number of benzene rings is 1. The number of hydrogen-bond acceptors (Lipinski definition) is 5. The molecular formula is C18H21F3N4O3. The van der Waals surface area contributed by atoms with Gasteiger partial charge in [-0.1, -0.05) is 0 Å². The average molecular weight is 398 g/mol. The minimum atomic E-state index is -4.55.